The third-order valence-electron chi connectivity index (χ3n) is 4.53. The highest BCUT2D eigenvalue weighted by Crippen LogP contribution is 2.25. The fourth-order valence-corrected chi connectivity index (χ4v) is 3.22. The summed E-state index contributed by atoms with van der Waals surface area (Å²) in [6.07, 6.45) is 2.31. The van der Waals surface area contributed by atoms with Crippen LogP contribution >= 0.6 is 12.4 Å². The Morgan fingerprint density at radius 1 is 1.37 bits per heavy atom. The highest BCUT2D eigenvalue weighted by molar-refractivity contribution is 5.93. The van der Waals surface area contributed by atoms with Crippen molar-refractivity contribution in [1.82, 2.24) is 14.8 Å². The minimum absolute atomic E-state index is 0. The number of halogens is 1. The summed E-state index contributed by atoms with van der Waals surface area (Å²) in [5.74, 6) is 0.847. The van der Waals surface area contributed by atoms with Crippen LogP contribution in [0.1, 0.15) is 29.0 Å². The summed E-state index contributed by atoms with van der Waals surface area (Å²) in [5.41, 5.74) is 1.95. The largest absolute Gasteiger partial charge is 0.344 e. The van der Waals surface area contributed by atoms with E-state index in [0.29, 0.717) is 12.0 Å². The molecule has 1 aromatic heterocycles. The highest BCUT2D eigenvalue weighted by Gasteiger charge is 2.34. The maximum absolute atomic E-state index is 12.5. The Morgan fingerprint density at radius 2 is 2.16 bits per heavy atom. The summed E-state index contributed by atoms with van der Waals surface area (Å²) in [7, 11) is 1.96. The molecule has 5 heteroatoms. The highest BCUT2D eigenvalue weighted by atomic mass is 35.5. The third-order valence-corrected chi connectivity index (χ3v) is 4.53. The Labute approximate surface area is 120 Å². The van der Waals surface area contributed by atoms with Crippen molar-refractivity contribution >= 4 is 18.3 Å². The Hall–Kier alpha value is -1.00. The minimum atomic E-state index is 0. The van der Waals surface area contributed by atoms with E-state index in [1.807, 2.05) is 35.6 Å². The number of piperidine rings is 1. The molecule has 1 aromatic rings. The predicted molar refractivity (Wildman–Crippen MR) is 77.8 cm³/mol. The molecule has 0 radical (unpaired) electrons. The predicted octanol–water partition coefficient (Wildman–Crippen LogP) is 1.58. The lowest BCUT2D eigenvalue weighted by Gasteiger charge is -2.34. The number of hydrogen-bond acceptors (Lipinski definition) is 2. The van der Waals surface area contributed by atoms with Gasteiger partial charge in [-0.15, -0.1) is 12.4 Å². The van der Waals surface area contributed by atoms with Crippen molar-refractivity contribution in [1.29, 1.82) is 0 Å². The van der Waals surface area contributed by atoms with E-state index >= 15 is 0 Å². The van der Waals surface area contributed by atoms with Gasteiger partial charge in [-0.25, -0.2) is 0 Å². The molecular weight excluding hydrogens is 262 g/mol. The molecule has 106 valence electrons. The summed E-state index contributed by atoms with van der Waals surface area (Å²) in [4.78, 5) is 14.5. The van der Waals surface area contributed by atoms with Gasteiger partial charge in [0.15, 0.2) is 0 Å². The number of carbonyl (C=O) groups excluding carboxylic acids is 1. The monoisotopic (exact) mass is 283 g/mol. The van der Waals surface area contributed by atoms with Crippen LogP contribution in [0.25, 0.3) is 0 Å². The molecule has 1 N–H and O–H groups in total. The van der Waals surface area contributed by atoms with Crippen molar-refractivity contribution < 1.29 is 4.79 Å². The van der Waals surface area contributed by atoms with E-state index in [2.05, 4.69) is 5.32 Å². The normalized spacial score (nSPS) is 25.9. The molecule has 0 aliphatic carbocycles. The number of rotatable bonds is 1. The van der Waals surface area contributed by atoms with Gasteiger partial charge in [0.1, 0.15) is 5.69 Å². The number of carbonyl (C=O) groups is 1. The van der Waals surface area contributed by atoms with E-state index in [9.17, 15) is 4.79 Å². The zero-order valence-electron chi connectivity index (χ0n) is 11.6. The lowest BCUT2D eigenvalue weighted by atomic mass is 9.93. The summed E-state index contributed by atoms with van der Waals surface area (Å²) in [5, 5.41) is 3.53. The smallest absolute Gasteiger partial charge is 0.270 e. The van der Waals surface area contributed by atoms with Gasteiger partial charge < -0.3 is 14.8 Å². The van der Waals surface area contributed by atoms with Gasteiger partial charge >= 0.3 is 0 Å². The average Bonchev–Trinajstić information content (AvgIpc) is 2.96. The van der Waals surface area contributed by atoms with E-state index in [0.717, 1.165) is 37.4 Å². The van der Waals surface area contributed by atoms with Crippen LogP contribution in [0.3, 0.4) is 0 Å². The lowest BCUT2D eigenvalue weighted by Crippen LogP contribution is -2.47. The average molecular weight is 284 g/mol. The van der Waals surface area contributed by atoms with Crippen LogP contribution in [-0.4, -0.2) is 41.1 Å². The molecular formula is C14H22ClN3O. The van der Waals surface area contributed by atoms with Crippen molar-refractivity contribution in [3.8, 4) is 0 Å². The van der Waals surface area contributed by atoms with Gasteiger partial charge in [0, 0.05) is 31.9 Å². The molecule has 0 aromatic carbocycles. The molecule has 3 heterocycles. The van der Waals surface area contributed by atoms with Crippen LogP contribution in [-0.2, 0) is 7.05 Å². The van der Waals surface area contributed by atoms with Gasteiger partial charge in [0.25, 0.3) is 5.91 Å². The summed E-state index contributed by atoms with van der Waals surface area (Å²) >= 11 is 0. The molecule has 3 rings (SSSR count). The second-order valence-corrected chi connectivity index (χ2v) is 5.57. The first-order valence-corrected chi connectivity index (χ1v) is 6.82. The van der Waals surface area contributed by atoms with Crippen molar-refractivity contribution in [2.75, 3.05) is 19.6 Å². The molecule has 2 unspecified atom stereocenters. The maximum Gasteiger partial charge on any atom is 0.270 e. The Kier molecular flexibility index (Phi) is 4.21. The zero-order chi connectivity index (χ0) is 12.7. The Morgan fingerprint density at radius 3 is 2.84 bits per heavy atom. The lowest BCUT2D eigenvalue weighted by molar-refractivity contribution is 0.0652. The molecule has 19 heavy (non-hydrogen) atoms. The standard InChI is InChI=1S/C14H21N3O.ClH/c1-10-3-4-13(16(10)2)14(18)17-8-6-12-11(9-17)5-7-15-12;/h3-4,11-12,15H,5-9H2,1-2H3;1H. The first-order valence-electron chi connectivity index (χ1n) is 6.82. The van der Waals surface area contributed by atoms with Gasteiger partial charge in [-0.3, -0.25) is 4.79 Å². The molecule has 0 saturated carbocycles. The van der Waals surface area contributed by atoms with Crippen LogP contribution in [0.5, 0.6) is 0 Å². The summed E-state index contributed by atoms with van der Waals surface area (Å²) < 4.78 is 1.99. The van der Waals surface area contributed by atoms with Crippen LogP contribution in [0.2, 0.25) is 0 Å². The summed E-state index contributed by atoms with van der Waals surface area (Å²) in [6.45, 7) is 4.95. The molecule has 0 spiro atoms. The van der Waals surface area contributed by atoms with Crippen LogP contribution in [0, 0.1) is 12.8 Å². The molecule has 4 nitrogen and oxygen atoms in total. The summed E-state index contributed by atoms with van der Waals surface area (Å²) in [6, 6.07) is 4.59. The number of aryl methyl sites for hydroxylation is 1. The van der Waals surface area contributed by atoms with Gasteiger partial charge in [-0.05, 0) is 44.4 Å². The SMILES string of the molecule is Cc1ccc(C(=O)N2CCC3NCCC3C2)n1C.Cl. The fraction of sp³-hybridized carbons (Fsp3) is 0.643. The molecule has 1 amide bonds. The number of hydrogen-bond donors (Lipinski definition) is 1. The first-order chi connectivity index (χ1) is 8.66. The van der Waals surface area contributed by atoms with E-state index in [-0.39, 0.29) is 18.3 Å². The molecule has 0 bridgehead atoms. The topological polar surface area (TPSA) is 37.3 Å². The number of amides is 1. The van der Waals surface area contributed by atoms with Gasteiger partial charge in [-0.1, -0.05) is 0 Å². The number of nitrogens with one attached hydrogen (secondary N) is 1. The zero-order valence-corrected chi connectivity index (χ0v) is 12.4. The Bertz CT molecular complexity index is 471. The second kappa shape index (κ2) is 5.55. The van der Waals surface area contributed by atoms with E-state index in [1.54, 1.807) is 0 Å². The molecule has 2 atom stereocenters. The van der Waals surface area contributed by atoms with Gasteiger partial charge in [0.05, 0.1) is 0 Å². The van der Waals surface area contributed by atoms with Gasteiger partial charge in [0.2, 0.25) is 0 Å². The van der Waals surface area contributed by atoms with Crippen molar-refractivity contribution in [3.05, 3.63) is 23.5 Å². The van der Waals surface area contributed by atoms with Crippen molar-refractivity contribution in [2.45, 2.75) is 25.8 Å². The third kappa shape index (κ3) is 2.51. The molecule has 2 fully saturated rings. The fourth-order valence-electron chi connectivity index (χ4n) is 3.22. The molecule has 2 aliphatic rings. The van der Waals surface area contributed by atoms with Crippen LogP contribution in [0.4, 0.5) is 0 Å². The maximum atomic E-state index is 12.5. The van der Waals surface area contributed by atoms with Crippen LogP contribution in [0.15, 0.2) is 12.1 Å². The minimum Gasteiger partial charge on any atom is -0.344 e. The van der Waals surface area contributed by atoms with E-state index in [4.69, 9.17) is 0 Å². The number of aromatic nitrogens is 1. The Balaban J connectivity index is 0.00000133. The molecule has 2 aliphatic heterocycles. The number of nitrogens with zero attached hydrogens (tertiary/aromatic N) is 2. The quantitative estimate of drug-likeness (QED) is 0.850. The van der Waals surface area contributed by atoms with Crippen LogP contribution < -0.4 is 5.32 Å². The molecule has 2 saturated heterocycles. The van der Waals surface area contributed by atoms with E-state index < -0.39 is 0 Å². The number of fused-ring (bicyclic) bond motifs is 1. The van der Waals surface area contributed by atoms with Crippen molar-refractivity contribution in [2.24, 2.45) is 13.0 Å². The van der Waals surface area contributed by atoms with Crippen molar-refractivity contribution in [3.63, 3.8) is 0 Å². The second-order valence-electron chi connectivity index (χ2n) is 5.57. The first kappa shape index (κ1) is 14.4. The van der Waals surface area contributed by atoms with Gasteiger partial charge in [-0.2, -0.15) is 0 Å². The number of likely N-dealkylation sites (tertiary alicyclic amines) is 1. The van der Waals surface area contributed by atoms with E-state index in [1.165, 1.54) is 6.42 Å².